The van der Waals surface area contributed by atoms with Crippen molar-refractivity contribution >= 4 is 17.3 Å². The molecular formula is C33H45O3. The molecule has 0 aromatic heterocycles. The van der Waals surface area contributed by atoms with E-state index < -0.39 is 0 Å². The molecule has 6 aliphatic carbocycles. The van der Waals surface area contributed by atoms with E-state index in [1.807, 2.05) is 18.6 Å². The molecule has 0 spiro atoms. The Morgan fingerprint density at radius 3 is 2.19 bits per heavy atom. The summed E-state index contributed by atoms with van der Waals surface area (Å²) in [4.78, 5) is 41.2. The van der Waals surface area contributed by atoms with Gasteiger partial charge in [-0.1, -0.05) is 60.6 Å². The van der Waals surface area contributed by atoms with Crippen LogP contribution in [0.4, 0.5) is 0 Å². The van der Waals surface area contributed by atoms with Crippen LogP contribution < -0.4 is 0 Å². The summed E-state index contributed by atoms with van der Waals surface area (Å²) in [5.74, 6) is 1.56. The molecule has 3 nitrogen and oxygen atoms in total. The number of rotatable bonds is 2. The van der Waals surface area contributed by atoms with Crippen molar-refractivity contribution in [2.24, 2.45) is 56.2 Å². The van der Waals surface area contributed by atoms with Gasteiger partial charge >= 0.3 is 0 Å². The Labute approximate surface area is 217 Å². The first-order chi connectivity index (χ1) is 16.6. The number of fused-ring (bicyclic) bond motifs is 7. The topological polar surface area (TPSA) is 51.2 Å². The summed E-state index contributed by atoms with van der Waals surface area (Å²) in [6.07, 6.45) is 15.5. The Balaban J connectivity index is 1.46. The molecule has 1 radical (unpaired) electrons. The minimum atomic E-state index is -0.387. The summed E-state index contributed by atoms with van der Waals surface area (Å²) in [5, 5.41) is 0. The fourth-order valence-corrected chi connectivity index (χ4v) is 10.9. The maximum absolute atomic E-state index is 14.5. The van der Waals surface area contributed by atoms with Crippen molar-refractivity contribution in [2.75, 3.05) is 0 Å². The summed E-state index contributed by atoms with van der Waals surface area (Å²) >= 11 is 0. The minimum absolute atomic E-state index is 0.0133. The molecule has 4 fully saturated rings. The van der Waals surface area contributed by atoms with E-state index in [4.69, 9.17) is 0 Å². The lowest BCUT2D eigenvalue weighted by atomic mass is 9.31. The summed E-state index contributed by atoms with van der Waals surface area (Å²) in [5.41, 5.74) is 0.0515. The molecule has 2 unspecified atom stereocenters. The Kier molecular flexibility index (Phi) is 4.90. The van der Waals surface area contributed by atoms with Gasteiger partial charge in [0.25, 0.3) is 0 Å². The van der Waals surface area contributed by atoms with Gasteiger partial charge in [-0.2, -0.15) is 0 Å². The van der Waals surface area contributed by atoms with Crippen LogP contribution in [0.1, 0.15) is 99.8 Å². The Hall–Kier alpha value is -1.51. The lowest BCUT2D eigenvalue weighted by Gasteiger charge is -2.71. The van der Waals surface area contributed by atoms with Gasteiger partial charge in [-0.3, -0.25) is 14.4 Å². The van der Waals surface area contributed by atoms with Gasteiger partial charge in [0.05, 0.1) is 0 Å². The zero-order chi connectivity index (χ0) is 26.1. The largest absolute Gasteiger partial charge is 0.299 e. The van der Waals surface area contributed by atoms with Gasteiger partial charge in [0.1, 0.15) is 5.78 Å². The highest BCUT2D eigenvalue weighted by Gasteiger charge is 2.72. The van der Waals surface area contributed by atoms with Crippen LogP contribution in [0.25, 0.3) is 0 Å². The number of carbonyl (C=O) groups is 3. The van der Waals surface area contributed by atoms with E-state index in [0.717, 1.165) is 50.5 Å². The normalized spacial score (nSPS) is 50.2. The standard InChI is InChI=1S/C33H45O3/c1-28(2)14-16-33(27(36)20-8-9-20)17-15-32(7)26(21(33)19-28)22(34)18-24-30(5)12-11-25(35)29(3,4)23(30)10-13-31(24,32)6/h8-9,11-12,21,23-24,26H,10,13-19H2,1-7H3/t21-,23?,24?,26-,30-,31+,32+,33-/m0/s1. The smallest absolute Gasteiger partial charge is 0.165 e. The second-order valence-electron chi connectivity index (χ2n) is 15.7. The van der Waals surface area contributed by atoms with Crippen LogP contribution in [0.15, 0.2) is 23.8 Å². The van der Waals surface area contributed by atoms with Crippen LogP contribution in [0.3, 0.4) is 0 Å². The average molecular weight is 490 g/mol. The van der Waals surface area contributed by atoms with Gasteiger partial charge < -0.3 is 0 Å². The molecule has 0 aromatic carbocycles. The van der Waals surface area contributed by atoms with Crippen LogP contribution in [-0.4, -0.2) is 17.3 Å². The van der Waals surface area contributed by atoms with E-state index in [2.05, 4.69) is 54.5 Å². The van der Waals surface area contributed by atoms with Crippen molar-refractivity contribution in [2.45, 2.75) is 99.8 Å². The first-order valence-corrected chi connectivity index (χ1v) is 14.5. The molecule has 0 saturated heterocycles. The summed E-state index contributed by atoms with van der Waals surface area (Å²) in [7, 11) is 0. The first-order valence-electron chi connectivity index (χ1n) is 14.5. The quantitative estimate of drug-likeness (QED) is 0.415. The van der Waals surface area contributed by atoms with E-state index in [9.17, 15) is 14.4 Å². The van der Waals surface area contributed by atoms with Crippen molar-refractivity contribution in [3.63, 3.8) is 0 Å². The molecule has 8 atom stereocenters. The van der Waals surface area contributed by atoms with Crippen molar-refractivity contribution in [3.8, 4) is 0 Å². The zero-order valence-corrected chi connectivity index (χ0v) is 23.5. The third kappa shape index (κ3) is 2.90. The fourth-order valence-electron chi connectivity index (χ4n) is 10.9. The number of Topliss-reactive ketones (excluding diaryl/α,β-unsaturated/α-hetero) is 2. The van der Waals surface area contributed by atoms with E-state index in [0.29, 0.717) is 18.0 Å². The van der Waals surface area contributed by atoms with E-state index >= 15 is 0 Å². The highest BCUT2D eigenvalue weighted by Crippen LogP contribution is 2.75. The van der Waals surface area contributed by atoms with Gasteiger partial charge in [-0.05, 0) is 90.4 Å². The molecule has 0 amide bonds. The molecule has 0 aliphatic heterocycles. The predicted molar refractivity (Wildman–Crippen MR) is 142 cm³/mol. The Morgan fingerprint density at radius 1 is 0.861 bits per heavy atom. The summed E-state index contributed by atoms with van der Waals surface area (Å²) in [6, 6.07) is 0. The molecular weight excluding hydrogens is 444 g/mol. The SMILES string of the molecule is CC1(C)CC[C@]2(C(=O)C3=C[CH]3)CC[C@]3(C)[C@H](C(=O)CC4[C@@]5(C)C=CC(=O)C(C)(C)C5CC[C@]43C)[C@@H]2C1. The van der Waals surface area contributed by atoms with E-state index in [-0.39, 0.29) is 61.9 Å². The molecule has 0 heterocycles. The average Bonchev–Trinajstić information content (AvgIpc) is 3.63. The molecule has 36 heavy (non-hydrogen) atoms. The zero-order valence-electron chi connectivity index (χ0n) is 23.5. The third-order valence-electron chi connectivity index (χ3n) is 13.3. The van der Waals surface area contributed by atoms with Gasteiger partial charge in [0.2, 0.25) is 0 Å². The van der Waals surface area contributed by atoms with Crippen LogP contribution >= 0.6 is 0 Å². The Morgan fingerprint density at radius 2 is 1.53 bits per heavy atom. The first kappa shape index (κ1) is 24.8. The molecule has 3 heteroatoms. The van der Waals surface area contributed by atoms with Crippen LogP contribution in [0, 0.1) is 62.6 Å². The molecule has 195 valence electrons. The van der Waals surface area contributed by atoms with Gasteiger partial charge in [-0.15, -0.1) is 0 Å². The van der Waals surface area contributed by atoms with Crippen LogP contribution in [-0.2, 0) is 14.4 Å². The number of ketones is 3. The van der Waals surface area contributed by atoms with Gasteiger partial charge in [0.15, 0.2) is 11.6 Å². The summed E-state index contributed by atoms with van der Waals surface area (Å²) < 4.78 is 0. The number of carbonyl (C=O) groups excluding carboxylic acids is 3. The predicted octanol–water partition coefficient (Wildman–Crippen LogP) is 7.11. The lowest BCUT2D eigenvalue weighted by molar-refractivity contribution is -0.220. The van der Waals surface area contributed by atoms with Crippen molar-refractivity contribution < 1.29 is 14.4 Å². The molecule has 0 bridgehead atoms. The summed E-state index contributed by atoms with van der Waals surface area (Å²) in [6.45, 7) is 16.2. The molecule has 6 rings (SSSR count). The highest BCUT2D eigenvalue weighted by molar-refractivity contribution is 6.07. The van der Waals surface area contributed by atoms with Gasteiger partial charge in [0, 0.05) is 35.2 Å². The third-order valence-corrected chi connectivity index (χ3v) is 13.3. The molecule has 6 aliphatic rings. The fraction of sp³-hybridized carbons (Fsp3) is 0.758. The van der Waals surface area contributed by atoms with Gasteiger partial charge in [-0.25, -0.2) is 0 Å². The van der Waals surface area contributed by atoms with E-state index in [1.165, 1.54) is 0 Å². The van der Waals surface area contributed by atoms with Crippen molar-refractivity contribution in [1.29, 1.82) is 0 Å². The number of hydrogen-bond donors (Lipinski definition) is 0. The molecule has 0 N–H and O–H groups in total. The molecule has 4 saturated carbocycles. The van der Waals surface area contributed by atoms with E-state index in [1.54, 1.807) is 0 Å². The minimum Gasteiger partial charge on any atom is -0.299 e. The maximum atomic E-state index is 14.5. The lowest BCUT2D eigenvalue weighted by Crippen LogP contribution is -2.69. The van der Waals surface area contributed by atoms with Crippen LogP contribution in [0.5, 0.6) is 0 Å². The highest BCUT2D eigenvalue weighted by atomic mass is 16.1. The monoisotopic (exact) mass is 489 g/mol. The van der Waals surface area contributed by atoms with Crippen molar-refractivity contribution in [1.82, 2.24) is 0 Å². The van der Waals surface area contributed by atoms with Crippen molar-refractivity contribution in [3.05, 3.63) is 30.2 Å². The second-order valence-corrected chi connectivity index (χ2v) is 15.7. The number of hydrogen-bond acceptors (Lipinski definition) is 3. The second kappa shape index (κ2) is 7.11. The number of allylic oxidation sites excluding steroid dienone is 4. The molecule has 0 aromatic rings. The maximum Gasteiger partial charge on any atom is 0.165 e. The van der Waals surface area contributed by atoms with Crippen LogP contribution in [0.2, 0.25) is 0 Å². The Bertz CT molecular complexity index is 1120.